The van der Waals surface area contributed by atoms with Crippen LogP contribution in [0.4, 0.5) is 0 Å². The molecule has 0 saturated heterocycles. The van der Waals surface area contributed by atoms with E-state index in [1.165, 1.54) is 12.5 Å². The molecule has 2 aromatic rings. The molecule has 0 aliphatic rings. The van der Waals surface area contributed by atoms with Gasteiger partial charge in [0.1, 0.15) is 18.1 Å². The lowest BCUT2D eigenvalue weighted by Crippen LogP contribution is -2.58. The maximum Gasteiger partial charge on any atom is 0.326 e. The number of hydrogen-bond acceptors (Lipinski definition) is 7. The lowest BCUT2D eigenvalue weighted by atomic mass is 10.0. The van der Waals surface area contributed by atoms with Crippen molar-refractivity contribution in [2.75, 3.05) is 0 Å². The van der Waals surface area contributed by atoms with E-state index in [9.17, 15) is 29.1 Å². The van der Waals surface area contributed by atoms with Crippen LogP contribution in [0.25, 0.3) is 0 Å². The number of aromatic amines is 1. The molecule has 0 bridgehead atoms. The van der Waals surface area contributed by atoms with E-state index in [0.717, 1.165) is 0 Å². The Morgan fingerprint density at radius 2 is 1.46 bits per heavy atom. The van der Waals surface area contributed by atoms with Gasteiger partial charge in [0.25, 0.3) is 0 Å². The summed E-state index contributed by atoms with van der Waals surface area (Å²) in [6.07, 6.45) is 2.03. The van der Waals surface area contributed by atoms with Crippen molar-refractivity contribution in [2.45, 2.75) is 57.3 Å². The van der Waals surface area contributed by atoms with Crippen LogP contribution in [-0.4, -0.2) is 74.0 Å². The molecule has 13 nitrogen and oxygen atoms in total. The Kier molecular flexibility index (Phi) is 10.8. The molecule has 0 fully saturated rings. The number of carbonyl (C=O) groups excluding carboxylic acids is 3. The van der Waals surface area contributed by atoms with Gasteiger partial charge in [-0.05, 0) is 11.5 Å². The molecule has 8 N–H and O–H groups in total. The third kappa shape index (κ3) is 9.37. The van der Waals surface area contributed by atoms with E-state index in [2.05, 4.69) is 25.9 Å². The summed E-state index contributed by atoms with van der Waals surface area (Å²) >= 11 is 0. The van der Waals surface area contributed by atoms with Gasteiger partial charge in [0.15, 0.2) is 0 Å². The van der Waals surface area contributed by atoms with Crippen molar-refractivity contribution in [3.05, 3.63) is 54.1 Å². The molecule has 1 heterocycles. The van der Waals surface area contributed by atoms with Crippen molar-refractivity contribution < 1.29 is 34.2 Å². The molecule has 0 spiro atoms. The molecule has 1 aromatic carbocycles. The minimum absolute atomic E-state index is 0.0127. The monoisotopic (exact) mass is 516 g/mol. The highest BCUT2D eigenvalue weighted by Crippen LogP contribution is 2.08. The highest BCUT2D eigenvalue weighted by atomic mass is 16.4. The SMILES string of the molecule is CC(C)C(N)C(=O)NC(Cc1cnc[nH]1)C(=O)NC(Cc1ccccc1)C(=O)NC(CC(=O)O)C(=O)O. The van der Waals surface area contributed by atoms with Crippen molar-refractivity contribution in [3.8, 4) is 0 Å². The van der Waals surface area contributed by atoms with Crippen LogP contribution in [0.5, 0.6) is 0 Å². The zero-order chi connectivity index (χ0) is 27.5. The Morgan fingerprint density at radius 3 is 1.97 bits per heavy atom. The Balaban J connectivity index is 2.28. The van der Waals surface area contributed by atoms with Gasteiger partial charge in [0.2, 0.25) is 17.7 Å². The largest absolute Gasteiger partial charge is 0.481 e. The summed E-state index contributed by atoms with van der Waals surface area (Å²) in [6.45, 7) is 3.51. The number of amides is 3. The fourth-order valence-corrected chi connectivity index (χ4v) is 3.37. The van der Waals surface area contributed by atoms with E-state index in [0.29, 0.717) is 11.3 Å². The van der Waals surface area contributed by atoms with Crippen LogP contribution in [0.3, 0.4) is 0 Å². The molecule has 4 unspecified atom stereocenters. The molecule has 13 heteroatoms. The minimum Gasteiger partial charge on any atom is -0.481 e. The number of hydrogen-bond donors (Lipinski definition) is 7. The first-order valence-corrected chi connectivity index (χ1v) is 11.6. The molecule has 200 valence electrons. The standard InChI is InChI=1S/C24H32N6O7/c1-13(2)20(25)23(35)29-17(9-15-11-26-12-27-15)22(34)28-16(8-14-6-4-3-5-7-14)21(33)30-18(24(36)37)10-19(31)32/h3-7,11-13,16-18,20H,8-10,25H2,1-2H3,(H,26,27)(H,28,34)(H,29,35)(H,30,33)(H,31,32)(H,36,37). The first-order valence-electron chi connectivity index (χ1n) is 11.6. The maximum absolute atomic E-state index is 13.3. The van der Waals surface area contributed by atoms with Gasteiger partial charge in [-0.15, -0.1) is 0 Å². The third-order valence-electron chi connectivity index (χ3n) is 5.54. The van der Waals surface area contributed by atoms with Gasteiger partial charge >= 0.3 is 11.9 Å². The molecule has 0 aliphatic heterocycles. The average Bonchev–Trinajstić information content (AvgIpc) is 3.35. The van der Waals surface area contributed by atoms with Crippen LogP contribution in [0.2, 0.25) is 0 Å². The summed E-state index contributed by atoms with van der Waals surface area (Å²) in [5.74, 6) is -5.33. The molecule has 0 radical (unpaired) electrons. The third-order valence-corrected chi connectivity index (χ3v) is 5.54. The van der Waals surface area contributed by atoms with Crippen molar-refractivity contribution in [3.63, 3.8) is 0 Å². The van der Waals surface area contributed by atoms with Gasteiger partial charge < -0.3 is 36.9 Å². The summed E-state index contributed by atoms with van der Waals surface area (Å²) in [6, 6.07) is 3.64. The molecular weight excluding hydrogens is 484 g/mol. The van der Waals surface area contributed by atoms with Crippen LogP contribution in [0.15, 0.2) is 42.9 Å². The van der Waals surface area contributed by atoms with E-state index in [4.69, 9.17) is 10.8 Å². The number of carboxylic acids is 2. The topological polar surface area (TPSA) is 217 Å². The number of benzene rings is 1. The van der Waals surface area contributed by atoms with Crippen LogP contribution in [0, 0.1) is 5.92 Å². The number of aromatic nitrogens is 2. The average molecular weight is 517 g/mol. The Hall–Kier alpha value is -4.26. The van der Waals surface area contributed by atoms with Gasteiger partial charge in [-0.2, -0.15) is 0 Å². The molecule has 4 atom stereocenters. The normalized spacial score (nSPS) is 14.2. The van der Waals surface area contributed by atoms with E-state index in [1.54, 1.807) is 44.2 Å². The van der Waals surface area contributed by atoms with E-state index >= 15 is 0 Å². The second-order valence-electron chi connectivity index (χ2n) is 8.86. The first-order chi connectivity index (χ1) is 17.5. The number of nitrogens with zero attached hydrogens (tertiary/aromatic N) is 1. The predicted molar refractivity (Wildman–Crippen MR) is 131 cm³/mol. The van der Waals surface area contributed by atoms with Crippen molar-refractivity contribution in [2.24, 2.45) is 11.7 Å². The number of carbonyl (C=O) groups is 5. The second kappa shape index (κ2) is 13.7. The quantitative estimate of drug-likeness (QED) is 0.167. The second-order valence-corrected chi connectivity index (χ2v) is 8.86. The molecular formula is C24H32N6O7. The summed E-state index contributed by atoms with van der Waals surface area (Å²) < 4.78 is 0. The Bertz CT molecular complexity index is 1070. The molecule has 0 aliphatic carbocycles. The molecule has 3 amide bonds. The number of imidazole rings is 1. The Morgan fingerprint density at radius 1 is 0.892 bits per heavy atom. The van der Waals surface area contributed by atoms with Gasteiger partial charge in [-0.25, -0.2) is 9.78 Å². The number of aliphatic carboxylic acids is 2. The zero-order valence-corrected chi connectivity index (χ0v) is 20.5. The van der Waals surface area contributed by atoms with Gasteiger partial charge in [0, 0.05) is 24.7 Å². The number of nitrogens with two attached hydrogens (primary N) is 1. The van der Waals surface area contributed by atoms with Crippen molar-refractivity contribution in [1.29, 1.82) is 0 Å². The van der Waals surface area contributed by atoms with Crippen molar-refractivity contribution >= 4 is 29.7 Å². The van der Waals surface area contributed by atoms with Crippen LogP contribution in [0.1, 0.15) is 31.5 Å². The number of H-pyrrole nitrogens is 1. The smallest absolute Gasteiger partial charge is 0.326 e. The molecule has 2 rings (SSSR count). The van der Waals surface area contributed by atoms with E-state index in [-0.39, 0.29) is 18.8 Å². The van der Waals surface area contributed by atoms with Gasteiger partial charge in [-0.1, -0.05) is 44.2 Å². The number of nitrogens with one attached hydrogen (secondary N) is 4. The summed E-state index contributed by atoms with van der Waals surface area (Å²) in [7, 11) is 0. The summed E-state index contributed by atoms with van der Waals surface area (Å²) in [4.78, 5) is 68.2. The molecule has 0 saturated carbocycles. The highest BCUT2D eigenvalue weighted by Gasteiger charge is 2.32. The van der Waals surface area contributed by atoms with Crippen LogP contribution < -0.4 is 21.7 Å². The van der Waals surface area contributed by atoms with Crippen LogP contribution >= 0.6 is 0 Å². The van der Waals surface area contributed by atoms with Gasteiger partial charge in [0.05, 0.1) is 18.8 Å². The lowest BCUT2D eigenvalue weighted by Gasteiger charge is -2.25. The highest BCUT2D eigenvalue weighted by molar-refractivity contribution is 5.95. The maximum atomic E-state index is 13.3. The fraction of sp³-hybridized carbons (Fsp3) is 0.417. The lowest BCUT2D eigenvalue weighted by molar-refractivity contribution is -0.147. The zero-order valence-electron chi connectivity index (χ0n) is 20.5. The molecule has 1 aromatic heterocycles. The Labute approximate surface area is 213 Å². The van der Waals surface area contributed by atoms with Crippen LogP contribution in [-0.2, 0) is 36.8 Å². The first kappa shape index (κ1) is 29.0. The minimum atomic E-state index is -1.70. The summed E-state index contributed by atoms with van der Waals surface area (Å²) in [5.41, 5.74) is 7.12. The number of rotatable bonds is 14. The number of carboxylic acid groups (broad SMARTS) is 2. The van der Waals surface area contributed by atoms with Crippen molar-refractivity contribution in [1.82, 2.24) is 25.9 Å². The summed E-state index contributed by atoms with van der Waals surface area (Å²) in [5, 5.41) is 25.6. The van der Waals surface area contributed by atoms with E-state index in [1.807, 2.05) is 0 Å². The van der Waals surface area contributed by atoms with Gasteiger partial charge in [-0.3, -0.25) is 19.2 Å². The molecule has 37 heavy (non-hydrogen) atoms. The predicted octanol–water partition coefficient (Wildman–Crippen LogP) is -0.808. The fourth-order valence-electron chi connectivity index (χ4n) is 3.37. The van der Waals surface area contributed by atoms with E-state index < -0.39 is 60.2 Å².